The van der Waals surface area contributed by atoms with Gasteiger partial charge in [-0.3, -0.25) is 14.9 Å². The van der Waals surface area contributed by atoms with Gasteiger partial charge in [0.15, 0.2) is 0 Å². The highest BCUT2D eigenvalue weighted by molar-refractivity contribution is 6.30. The van der Waals surface area contributed by atoms with Crippen LogP contribution in [0.4, 0.5) is 10.5 Å². The molecule has 7 heteroatoms. The number of anilines is 1. The lowest BCUT2D eigenvalue weighted by atomic mass is 10.2. The van der Waals surface area contributed by atoms with Gasteiger partial charge in [0, 0.05) is 10.7 Å². The number of amides is 4. The molecule has 1 heterocycles. The topological polar surface area (TPSA) is 78.5 Å². The van der Waals surface area contributed by atoms with Gasteiger partial charge in [0.25, 0.3) is 0 Å². The second-order valence-electron chi connectivity index (χ2n) is 4.15. The molecule has 100 valence electrons. The minimum Gasteiger partial charge on any atom is -0.308 e. The first-order chi connectivity index (χ1) is 8.97. The van der Waals surface area contributed by atoms with Crippen molar-refractivity contribution >= 4 is 35.1 Å². The molecule has 1 unspecified atom stereocenters. The summed E-state index contributed by atoms with van der Waals surface area (Å²) in [7, 11) is 0. The zero-order chi connectivity index (χ0) is 14.0. The standard InChI is InChI=1S/C12H12ClN3O3/c1-7-11(18)15-10(17)6-16(7)12(19)14-9-4-2-8(13)3-5-9/h2-5,7H,6H2,1H3,(H,14,19)(H,15,17,18). The van der Waals surface area contributed by atoms with E-state index in [1.54, 1.807) is 31.2 Å². The zero-order valence-electron chi connectivity index (χ0n) is 10.1. The number of nitrogens with zero attached hydrogens (tertiary/aromatic N) is 1. The molecule has 0 saturated carbocycles. The van der Waals surface area contributed by atoms with E-state index in [2.05, 4.69) is 10.6 Å². The molecular formula is C12H12ClN3O3. The quantitative estimate of drug-likeness (QED) is 0.760. The number of carbonyl (C=O) groups excluding carboxylic acids is 3. The van der Waals surface area contributed by atoms with Crippen LogP contribution in [-0.4, -0.2) is 35.3 Å². The Balaban J connectivity index is 2.08. The summed E-state index contributed by atoms with van der Waals surface area (Å²) in [6.07, 6.45) is 0. The number of piperazine rings is 1. The first kappa shape index (κ1) is 13.4. The van der Waals surface area contributed by atoms with Gasteiger partial charge in [0.2, 0.25) is 11.8 Å². The Morgan fingerprint density at radius 2 is 2.00 bits per heavy atom. The van der Waals surface area contributed by atoms with Crippen molar-refractivity contribution < 1.29 is 14.4 Å². The number of hydrogen-bond acceptors (Lipinski definition) is 3. The number of benzene rings is 1. The Kier molecular flexibility index (Phi) is 3.71. The van der Waals surface area contributed by atoms with E-state index in [4.69, 9.17) is 11.6 Å². The Morgan fingerprint density at radius 3 is 2.63 bits per heavy atom. The van der Waals surface area contributed by atoms with E-state index in [-0.39, 0.29) is 6.54 Å². The number of nitrogens with one attached hydrogen (secondary N) is 2. The van der Waals surface area contributed by atoms with Gasteiger partial charge in [0.05, 0.1) is 0 Å². The van der Waals surface area contributed by atoms with Crippen LogP contribution in [0.1, 0.15) is 6.92 Å². The van der Waals surface area contributed by atoms with Crippen molar-refractivity contribution in [2.75, 3.05) is 11.9 Å². The van der Waals surface area contributed by atoms with E-state index in [0.29, 0.717) is 10.7 Å². The second-order valence-corrected chi connectivity index (χ2v) is 4.59. The molecule has 1 aliphatic heterocycles. The molecule has 4 amide bonds. The first-order valence-corrected chi connectivity index (χ1v) is 6.02. The van der Waals surface area contributed by atoms with Crippen LogP contribution in [0.25, 0.3) is 0 Å². The second kappa shape index (κ2) is 5.27. The van der Waals surface area contributed by atoms with Crippen LogP contribution >= 0.6 is 11.6 Å². The summed E-state index contributed by atoms with van der Waals surface area (Å²) in [5.74, 6) is -0.975. The normalized spacial score (nSPS) is 19.1. The van der Waals surface area contributed by atoms with Crippen molar-refractivity contribution in [3.8, 4) is 0 Å². The van der Waals surface area contributed by atoms with Crippen LogP contribution in [0.15, 0.2) is 24.3 Å². The summed E-state index contributed by atoms with van der Waals surface area (Å²) in [4.78, 5) is 35.9. The van der Waals surface area contributed by atoms with Gasteiger partial charge in [0.1, 0.15) is 12.6 Å². The van der Waals surface area contributed by atoms with E-state index in [9.17, 15) is 14.4 Å². The Labute approximate surface area is 114 Å². The van der Waals surface area contributed by atoms with Gasteiger partial charge < -0.3 is 10.2 Å². The minimum atomic E-state index is -0.690. The molecule has 1 atom stereocenters. The van der Waals surface area contributed by atoms with E-state index in [1.165, 1.54) is 4.90 Å². The molecule has 1 aliphatic rings. The molecule has 0 aromatic heterocycles. The summed E-state index contributed by atoms with van der Waals surface area (Å²) in [6.45, 7) is 1.41. The smallest absolute Gasteiger partial charge is 0.308 e. The number of rotatable bonds is 1. The maximum absolute atomic E-state index is 12.0. The lowest BCUT2D eigenvalue weighted by molar-refractivity contribution is -0.137. The van der Waals surface area contributed by atoms with Gasteiger partial charge in [-0.15, -0.1) is 0 Å². The van der Waals surface area contributed by atoms with Crippen molar-refractivity contribution in [1.82, 2.24) is 10.2 Å². The monoisotopic (exact) mass is 281 g/mol. The molecule has 1 fully saturated rings. The molecular weight excluding hydrogens is 270 g/mol. The van der Waals surface area contributed by atoms with Crippen LogP contribution in [0.3, 0.4) is 0 Å². The molecule has 6 nitrogen and oxygen atoms in total. The predicted molar refractivity (Wildman–Crippen MR) is 69.8 cm³/mol. The number of carbonyl (C=O) groups is 3. The summed E-state index contributed by atoms with van der Waals surface area (Å²) in [6, 6.07) is 5.35. The molecule has 0 aliphatic carbocycles. The molecule has 0 spiro atoms. The molecule has 1 aromatic carbocycles. The molecule has 19 heavy (non-hydrogen) atoms. The fourth-order valence-corrected chi connectivity index (χ4v) is 1.82. The first-order valence-electron chi connectivity index (χ1n) is 5.64. The van der Waals surface area contributed by atoms with Crippen molar-refractivity contribution in [3.63, 3.8) is 0 Å². The van der Waals surface area contributed by atoms with E-state index in [0.717, 1.165) is 0 Å². The van der Waals surface area contributed by atoms with Gasteiger partial charge in [-0.05, 0) is 31.2 Å². The van der Waals surface area contributed by atoms with Gasteiger partial charge in [-0.1, -0.05) is 11.6 Å². The van der Waals surface area contributed by atoms with Crippen molar-refractivity contribution in [1.29, 1.82) is 0 Å². The fraction of sp³-hybridized carbons (Fsp3) is 0.250. The summed E-state index contributed by atoms with van der Waals surface area (Å²) in [5, 5.41) is 5.33. The lowest BCUT2D eigenvalue weighted by Crippen LogP contribution is -2.59. The molecule has 0 bridgehead atoms. The summed E-state index contributed by atoms with van der Waals surface area (Å²) in [5.41, 5.74) is 0.542. The summed E-state index contributed by atoms with van der Waals surface area (Å²) < 4.78 is 0. The average molecular weight is 282 g/mol. The van der Waals surface area contributed by atoms with Crippen molar-refractivity contribution in [2.24, 2.45) is 0 Å². The lowest BCUT2D eigenvalue weighted by Gasteiger charge is -2.31. The highest BCUT2D eigenvalue weighted by atomic mass is 35.5. The highest BCUT2D eigenvalue weighted by Gasteiger charge is 2.33. The SMILES string of the molecule is CC1C(=O)NC(=O)CN1C(=O)Nc1ccc(Cl)cc1. The van der Waals surface area contributed by atoms with E-state index in [1.807, 2.05) is 0 Å². The third-order valence-corrected chi connectivity index (χ3v) is 3.03. The summed E-state index contributed by atoms with van der Waals surface area (Å²) >= 11 is 5.74. The molecule has 0 radical (unpaired) electrons. The molecule has 1 aromatic rings. The predicted octanol–water partition coefficient (Wildman–Crippen LogP) is 1.22. The van der Waals surface area contributed by atoms with Crippen LogP contribution < -0.4 is 10.6 Å². The maximum atomic E-state index is 12.0. The third-order valence-electron chi connectivity index (χ3n) is 2.78. The van der Waals surface area contributed by atoms with Crippen LogP contribution in [-0.2, 0) is 9.59 Å². The highest BCUT2D eigenvalue weighted by Crippen LogP contribution is 2.15. The Morgan fingerprint density at radius 1 is 1.37 bits per heavy atom. The molecule has 1 saturated heterocycles. The number of urea groups is 1. The molecule has 2 rings (SSSR count). The largest absolute Gasteiger partial charge is 0.322 e. The van der Waals surface area contributed by atoms with Crippen molar-refractivity contribution in [3.05, 3.63) is 29.3 Å². The van der Waals surface area contributed by atoms with Gasteiger partial charge in [-0.2, -0.15) is 0 Å². The number of imide groups is 1. The maximum Gasteiger partial charge on any atom is 0.322 e. The fourth-order valence-electron chi connectivity index (χ4n) is 1.69. The van der Waals surface area contributed by atoms with Gasteiger partial charge >= 0.3 is 6.03 Å². The number of halogens is 1. The van der Waals surface area contributed by atoms with Gasteiger partial charge in [-0.25, -0.2) is 4.79 Å². The Hall–Kier alpha value is -2.08. The van der Waals surface area contributed by atoms with Crippen LogP contribution in [0, 0.1) is 0 Å². The zero-order valence-corrected chi connectivity index (χ0v) is 10.9. The van der Waals surface area contributed by atoms with Crippen molar-refractivity contribution in [2.45, 2.75) is 13.0 Å². The van der Waals surface area contributed by atoms with E-state index >= 15 is 0 Å². The Bertz CT molecular complexity index is 530. The average Bonchev–Trinajstić information content (AvgIpc) is 2.36. The minimum absolute atomic E-state index is 0.146. The van der Waals surface area contributed by atoms with E-state index < -0.39 is 23.9 Å². The molecule has 2 N–H and O–H groups in total. The van der Waals surface area contributed by atoms with Crippen LogP contribution in [0.5, 0.6) is 0 Å². The third kappa shape index (κ3) is 3.03. The van der Waals surface area contributed by atoms with Crippen LogP contribution in [0.2, 0.25) is 5.02 Å². The number of hydrogen-bond donors (Lipinski definition) is 2.